The molecule has 0 atom stereocenters. The van der Waals surface area contributed by atoms with Crippen molar-refractivity contribution in [1.82, 2.24) is 0 Å². The first-order valence-corrected chi connectivity index (χ1v) is 9.14. The monoisotopic (exact) mass is 336 g/mol. The molecule has 5 nitrogen and oxygen atoms in total. The van der Waals surface area contributed by atoms with Gasteiger partial charge in [-0.2, -0.15) is 8.42 Å². The van der Waals surface area contributed by atoms with E-state index >= 15 is 0 Å². The molecule has 0 heterocycles. The summed E-state index contributed by atoms with van der Waals surface area (Å²) >= 11 is 0. The van der Waals surface area contributed by atoms with Gasteiger partial charge in [-0.1, -0.05) is 18.7 Å². The molecule has 0 saturated carbocycles. The summed E-state index contributed by atoms with van der Waals surface area (Å²) in [5, 5.41) is 0. The molecule has 1 N–H and O–H groups in total. The van der Waals surface area contributed by atoms with E-state index in [1.165, 1.54) is 0 Å². The third kappa shape index (κ3) is 4.59. The molecule has 0 spiro atoms. The lowest BCUT2D eigenvalue weighted by Gasteiger charge is -2.14. The molecule has 0 amide bonds. The van der Waals surface area contributed by atoms with Crippen molar-refractivity contribution in [2.45, 2.75) is 4.90 Å². The third-order valence-corrected chi connectivity index (χ3v) is 4.73. The van der Waals surface area contributed by atoms with E-state index < -0.39 is 9.15 Å². The quantitative estimate of drug-likeness (QED) is 0.674. The molecule has 1 aromatic carbocycles. The fourth-order valence-corrected chi connectivity index (χ4v) is 3.44. The molecule has 0 unspecified atom stereocenters. The van der Waals surface area contributed by atoms with Crippen molar-refractivity contribution in [1.29, 1.82) is 0 Å². The summed E-state index contributed by atoms with van der Waals surface area (Å²) in [4.78, 5) is 6.63. The van der Waals surface area contributed by atoms with Gasteiger partial charge in [-0.3, -0.25) is 4.55 Å². The van der Waals surface area contributed by atoms with Gasteiger partial charge in [-0.15, -0.1) is 0 Å². The van der Waals surface area contributed by atoms with Gasteiger partial charge in [-0.25, -0.2) is 4.99 Å². The molecule has 0 saturated heterocycles. The number of aliphatic imine (C=N–C) groups is 1. The molecule has 0 bridgehead atoms. The number of anilines is 1. The molecular weight excluding hydrogens is 320 g/mol. The Hall–Kier alpha value is -1.83. The van der Waals surface area contributed by atoms with E-state index in [0.29, 0.717) is 27.1 Å². The molecule has 116 valence electrons. The fourth-order valence-electron chi connectivity index (χ4n) is 1.76. The summed E-state index contributed by atoms with van der Waals surface area (Å²) in [6, 6.07) is 5.23. The SMILES string of the molecule is C=C1C=CC(=Nc2ccc(N(C)C)cc2SS(=O)(=O)O)C=C1. The first-order chi connectivity index (χ1) is 10.2. The number of hydrogen-bond donors (Lipinski definition) is 1. The van der Waals surface area contributed by atoms with Crippen LogP contribution in [-0.2, 0) is 9.15 Å². The highest BCUT2D eigenvalue weighted by Crippen LogP contribution is 2.36. The average Bonchev–Trinajstić information content (AvgIpc) is 2.41. The zero-order valence-corrected chi connectivity index (χ0v) is 13.9. The zero-order chi connectivity index (χ0) is 16.3. The third-order valence-electron chi connectivity index (χ3n) is 2.84. The van der Waals surface area contributed by atoms with Crippen molar-refractivity contribution in [3.8, 4) is 0 Å². The predicted octanol–water partition coefficient (Wildman–Crippen LogP) is 3.40. The van der Waals surface area contributed by atoms with Crippen LogP contribution in [0.5, 0.6) is 0 Å². The van der Waals surface area contributed by atoms with Crippen LogP contribution in [-0.4, -0.2) is 32.8 Å². The van der Waals surface area contributed by atoms with Crippen LogP contribution in [0.2, 0.25) is 0 Å². The minimum Gasteiger partial charge on any atom is -0.378 e. The summed E-state index contributed by atoms with van der Waals surface area (Å²) in [6.45, 7) is 3.80. The van der Waals surface area contributed by atoms with Gasteiger partial charge in [0, 0.05) is 30.6 Å². The minimum absolute atomic E-state index is 0.368. The van der Waals surface area contributed by atoms with Crippen molar-refractivity contribution < 1.29 is 13.0 Å². The van der Waals surface area contributed by atoms with E-state index in [1.807, 2.05) is 37.2 Å². The lowest BCUT2D eigenvalue weighted by atomic mass is 10.1. The Morgan fingerprint density at radius 2 is 1.82 bits per heavy atom. The summed E-state index contributed by atoms with van der Waals surface area (Å²) in [5.74, 6) is 0. The van der Waals surface area contributed by atoms with Gasteiger partial charge in [0.05, 0.1) is 16.3 Å². The van der Waals surface area contributed by atoms with E-state index in [2.05, 4.69) is 11.6 Å². The van der Waals surface area contributed by atoms with E-state index in [9.17, 15) is 8.42 Å². The highest BCUT2D eigenvalue weighted by molar-refractivity contribution is 8.70. The van der Waals surface area contributed by atoms with E-state index in [0.717, 1.165) is 11.3 Å². The Labute approximate surface area is 133 Å². The van der Waals surface area contributed by atoms with Gasteiger partial charge in [-0.05, 0) is 35.9 Å². The van der Waals surface area contributed by atoms with Gasteiger partial charge in [0.15, 0.2) is 0 Å². The van der Waals surface area contributed by atoms with Crippen molar-refractivity contribution >= 4 is 37.0 Å². The molecular formula is C15H16N2O3S2. The lowest BCUT2D eigenvalue weighted by molar-refractivity contribution is 0.503. The van der Waals surface area contributed by atoms with Gasteiger partial charge in [0.2, 0.25) is 0 Å². The van der Waals surface area contributed by atoms with Crippen LogP contribution in [0.3, 0.4) is 0 Å². The van der Waals surface area contributed by atoms with Crippen molar-refractivity contribution in [3.05, 3.63) is 54.7 Å². The Morgan fingerprint density at radius 1 is 1.18 bits per heavy atom. The van der Waals surface area contributed by atoms with Gasteiger partial charge in [0.1, 0.15) is 0 Å². The molecule has 0 radical (unpaired) electrons. The van der Waals surface area contributed by atoms with Crippen molar-refractivity contribution in [2.24, 2.45) is 4.99 Å². The number of benzene rings is 1. The number of nitrogens with zero attached hydrogens (tertiary/aromatic N) is 2. The topological polar surface area (TPSA) is 70.0 Å². The first-order valence-electron chi connectivity index (χ1n) is 6.36. The van der Waals surface area contributed by atoms with Crippen LogP contribution in [0, 0.1) is 0 Å². The largest absolute Gasteiger partial charge is 0.378 e. The maximum absolute atomic E-state index is 11.2. The van der Waals surface area contributed by atoms with Crippen LogP contribution in [0.4, 0.5) is 11.4 Å². The number of hydrogen-bond acceptors (Lipinski definition) is 5. The summed E-state index contributed by atoms with van der Waals surface area (Å²) < 4.78 is 31.5. The Bertz CT molecular complexity index is 773. The smallest absolute Gasteiger partial charge is 0.324 e. The lowest BCUT2D eigenvalue weighted by Crippen LogP contribution is -2.08. The summed E-state index contributed by atoms with van der Waals surface area (Å²) in [5.41, 5.74) is 2.85. The van der Waals surface area contributed by atoms with E-state index in [1.54, 1.807) is 24.3 Å². The fraction of sp³-hybridized carbons (Fsp3) is 0.133. The van der Waals surface area contributed by atoms with Gasteiger partial charge in [0.25, 0.3) is 0 Å². The molecule has 1 aromatic rings. The Morgan fingerprint density at radius 3 is 2.36 bits per heavy atom. The molecule has 7 heteroatoms. The maximum atomic E-state index is 11.2. The Balaban J connectivity index is 2.46. The first kappa shape index (κ1) is 16.5. The molecule has 0 aromatic heterocycles. The second kappa shape index (κ2) is 6.51. The predicted molar refractivity (Wildman–Crippen MR) is 92.7 cm³/mol. The molecule has 2 rings (SSSR count). The molecule has 22 heavy (non-hydrogen) atoms. The normalized spacial score (nSPS) is 14.3. The Kier molecular flexibility index (Phi) is 4.90. The standard InChI is InChI=1S/C15H16N2O3S2/c1-11-4-6-12(7-5-11)16-14-9-8-13(17(2)3)10-15(14)21-22(18,19)20/h4-10H,1H2,2-3H3,(H,18,19,20). The second-order valence-electron chi connectivity index (χ2n) is 4.84. The highest BCUT2D eigenvalue weighted by atomic mass is 33.1. The van der Waals surface area contributed by atoms with Crippen LogP contribution in [0.15, 0.2) is 64.5 Å². The maximum Gasteiger partial charge on any atom is 0.324 e. The van der Waals surface area contributed by atoms with Crippen LogP contribution in [0.25, 0.3) is 0 Å². The second-order valence-corrected chi connectivity index (χ2v) is 8.06. The summed E-state index contributed by atoms with van der Waals surface area (Å²) in [7, 11) is -0.140. The number of allylic oxidation sites excluding steroid dienone is 5. The molecule has 0 aliphatic heterocycles. The molecule has 1 aliphatic carbocycles. The molecule has 0 fully saturated rings. The van der Waals surface area contributed by atoms with Gasteiger partial charge >= 0.3 is 9.15 Å². The van der Waals surface area contributed by atoms with Crippen molar-refractivity contribution in [2.75, 3.05) is 19.0 Å². The van der Waals surface area contributed by atoms with E-state index in [4.69, 9.17) is 4.55 Å². The van der Waals surface area contributed by atoms with Crippen molar-refractivity contribution in [3.63, 3.8) is 0 Å². The van der Waals surface area contributed by atoms with Crippen LogP contribution < -0.4 is 4.90 Å². The number of rotatable bonds is 4. The van der Waals surface area contributed by atoms with Crippen LogP contribution >= 0.6 is 10.8 Å². The highest BCUT2D eigenvalue weighted by Gasteiger charge is 2.14. The van der Waals surface area contributed by atoms with E-state index in [-0.39, 0.29) is 0 Å². The molecule has 1 aliphatic rings. The summed E-state index contributed by atoms with van der Waals surface area (Å²) in [6.07, 6.45) is 7.24. The van der Waals surface area contributed by atoms with Gasteiger partial charge < -0.3 is 4.90 Å². The average molecular weight is 336 g/mol. The zero-order valence-electron chi connectivity index (χ0n) is 12.2. The minimum atomic E-state index is -4.21. The van der Waals surface area contributed by atoms with Crippen LogP contribution in [0.1, 0.15) is 0 Å².